The van der Waals surface area contributed by atoms with E-state index in [2.05, 4.69) is 12.2 Å². The summed E-state index contributed by atoms with van der Waals surface area (Å²) in [6.45, 7) is 2.05. The number of methoxy groups -OCH3 is 2. The zero-order valence-corrected chi connectivity index (χ0v) is 18.5. The van der Waals surface area contributed by atoms with Gasteiger partial charge in [0.1, 0.15) is 11.5 Å². The minimum Gasteiger partial charge on any atom is -0.493 e. The fourth-order valence-corrected chi connectivity index (χ4v) is 3.70. The molecule has 0 saturated carbocycles. The summed E-state index contributed by atoms with van der Waals surface area (Å²) >= 11 is 0. The lowest BCUT2D eigenvalue weighted by molar-refractivity contribution is -0.120. The van der Waals surface area contributed by atoms with Crippen molar-refractivity contribution in [1.29, 1.82) is 0 Å². The van der Waals surface area contributed by atoms with Crippen molar-refractivity contribution >= 4 is 28.8 Å². The molecule has 1 aliphatic heterocycles. The molecule has 0 radical (unpaired) electrons. The van der Waals surface area contributed by atoms with Gasteiger partial charge in [0, 0.05) is 11.8 Å². The highest BCUT2D eigenvalue weighted by atomic mass is 19.1. The van der Waals surface area contributed by atoms with Gasteiger partial charge in [0.2, 0.25) is 0 Å². The first-order chi connectivity index (χ1) is 16.0. The minimum atomic E-state index is -0.522. The number of carbonyl (C=O) groups is 2. The zero-order chi connectivity index (χ0) is 23.5. The summed E-state index contributed by atoms with van der Waals surface area (Å²) < 4.78 is 24.1. The lowest BCUT2D eigenvalue weighted by Crippen LogP contribution is -2.32. The summed E-state index contributed by atoms with van der Waals surface area (Å²) in [7, 11) is 2.98. The van der Waals surface area contributed by atoms with E-state index in [9.17, 15) is 14.0 Å². The van der Waals surface area contributed by atoms with E-state index in [-0.39, 0.29) is 11.3 Å². The number of hydrogen-bond donors (Lipinski definition) is 1. The number of rotatable bonds is 7. The van der Waals surface area contributed by atoms with Gasteiger partial charge in [0.15, 0.2) is 11.5 Å². The van der Waals surface area contributed by atoms with Gasteiger partial charge in [-0.25, -0.2) is 9.29 Å². The maximum atomic E-state index is 13.5. The fourth-order valence-electron chi connectivity index (χ4n) is 3.70. The number of amides is 2. The van der Waals surface area contributed by atoms with Gasteiger partial charge < -0.3 is 14.8 Å². The Morgan fingerprint density at radius 2 is 1.52 bits per heavy atom. The molecule has 0 saturated heterocycles. The van der Waals surface area contributed by atoms with Crippen molar-refractivity contribution in [1.82, 2.24) is 0 Å². The number of halogens is 1. The molecule has 0 unspecified atom stereocenters. The number of anilines is 2. The average Bonchev–Trinajstić information content (AvgIpc) is 3.08. The van der Waals surface area contributed by atoms with Crippen LogP contribution in [0.1, 0.15) is 18.1 Å². The van der Waals surface area contributed by atoms with Crippen LogP contribution >= 0.6 is 0 Å². The molecule has 1 heterocycles. The zero-order valence-electron chi connectivity index (χ0n) is 18.5. The Morgan fingerprint density at radius 3 is 2.12 bits per heavy atom. The third-order valence-corrected chi connectivity index (χ3v) is 5.47. The van der Waals surface area contributed by atoms with Gasteiger partial charge in [-0.05, 0) is 53.9 Å². The summed E-state index contributed by atoms with van der Waals surface area (Å²) in [5.74, 6) is -0.618. The lowest BCUT2D eigenvalue weighted by atomic mass is 10.0. The fraction of sp³-hybridized carbons (Fsp3) is 0.154. The topological polar surface area (TPSA) is 67.9 Å². The van der Waals surface area contributed by atoms with Crippen LogP contribution in [-0.4, -0.2) is 26.0 Å². The van der Waals surface area contributed by atoms with Gasteiger partial charge in [0.05, 0.1) is 25.5 Å². The van der Waals surface area contributed by atoms with Crippen LogP contribution < -0.4 is 19.7 Å². The molecule has 0 bridgehead atoms. The number of benzene rings is 3. The molecular weight excluding hydrogens is 423 g/mol. The van der Waals surface area contributed by atoms with E-state index in [1.807, 2.05) is 24.3 Å². The summed E-state index contributed by atoms with van der Waals surface area (Å²) in [5.41, 5.74) is 2.86. The highest BCUT2D eigenvalue weighted by Crippen LogP contribution is 2.37. The molecule has 6 nitrogen and oxygen atoms in total. The first-order valence-corrected chi connectivity index (χ1v) is 10.4. The van der Waals surface area contributed by atoms with Gasteiger partial charge in [-0.3, -0.25) is 9.59 Å². The first-order valence-electron chi connectivity index (χ1n) is 10.4. The Hall–Kier alpha value is -4.13. The van der Waals surface area contributed by atoms with Crippen LogP contribution in [0.15, 0.2) is 72.4 Å². The molecule has 1 aliphatic rings. The Kier molecular flexibility index (Phi) is 6.13. The SMILES string of the molecule is CCc1ccc(NC2=C(c3ccc(F)cc3)C(=O)N(c3ccc(OC)c(OC)c3)C2=O)cc1. The quantitative estimate of drug-likeness (QED) is 0.528. The maximum absolute atomic E-state index is 13.5. The van der Waals surface area contributed by atoms with Crippen molar-refractivity contribution in [3.8, 4) is 11.5 Å². The maximum Gasteiger partial charge on any atom is 0.282 e. The summed E-state index contributed by atoms with van der Waals surface area (Å²) in [6, 6.07) is 17.9. The predicted molar refractivity (Wildman–Crippen MR) is 125 cm³/mol. The molecule has 0 fully saturated rings. The third kappa shape index (κ3) is 4.17. The summed E-state index contributed by atoms with van der Waals surface area (Å²) in [4.78, 5) is 28.1. The van der Waals surface area contributed by atoms with Crippen LogP contribution in [0.3, 0.4) is 0 Å². The standard InChI is InChI=1S/C26H23FN2O4/c1-4-16-5-11-19(12-6-16)28-24-23(17-7-9-18(27)10-8-17)25(30)29(26(24)31)20-13-14-21(32-2)22(15-20)33-3/h5-15,28H,4H2,1-3H3. The largest absolute Gasteiger partial charge is 0.493 e. The van der Waals surface area contributed by atoms with Crippen molar-refractivity contribution in [3.63, 3.8) is 0 Å². The second kappa shape index (κ2) is 9.16. The molecular formula is C26H23FN2O4. The molecule has 0 aromatic heterocycles. The molecule has 33 heavy (non-hydrogen) atoms. The molecule has 3 aromatic carbocycles. The van der Waals surface area contributed by atoms with Gasteiger partial charge in [-0.1, -0.05) is 31.2 Å². The van der Waals surface area contributed by atoms with Crippen LogP contribution in [0.25, 0.3) is 5.57 Å². The Morgan fingerprint density at radius 1 is 0.848 bits per heavy atom. The molecule has 0 atom stereocenters. The molecule has 0 aliphatic carbocycles. The van der Waals surface area contributed by atoms with Crippen molar-refractivity contribution in [2.75, 3.05) is 24.4 Å². The molecule has 2 amide bonds. The second-order valence-corrected chi connectivity index (χ2v) is 7.42. The molecule has 168 valence electrons. The smallest absolute Gasteiger partial charge is 0.282 e. The van der Waals surface area contributed by atoms with E-state index in [1.54, 1.807) is 18.2 Å². The van der Waals surface area contributed by atoms with Crippen molar-refractivity contribution < 1.29 is 23.5 Å². The second-order valence-electron chi connectivity index (χ2n) is 7.42. The average molecular weight is 446 g/mol. The van der Waals surface area contributed by atoms with Crippen LogP contribution in [0.5, 0.6) is 11.5 Å². The van der Waals surface area contributed by atoms with Gasteiger partial charge in [0.25, 0.3) is 11.8 Å². The monoisotopic (exact) mass is 446 g/mol. The van der Waals surface area contributed by atoms with E-state index in [0.717, 1.165) is 16.9 Å². The third-order valence-electron chi connectivity index (χ3n) is 5.47. The Balaban J connectivity index is 1.79. The number of hydrogen-bond acceptors (Lipinski definition) is 5. The van der Waals surface area contributed by atoms with Gasteiger partial charge in [-0.15, -0.1) is 0 Å². The number of carbonyl (C=O) groups excluding carboxylic acids is 2. The Labute approximate surface area is 191 Å². The normalized spacial score (nSPS) is 13.5. The number of ether oxygens (including phenoxy) is 2. The molecule has 3 aromatic rings. The van der Waals surface area contributed by atoms with E-state index < -0.39 is 17.6 Å². The number of nitrogens with one attached hydrogen (secondary N) is 1. The molecule has 4 rings (SSSR count). The van der Waals surface area contributed by atoms with Gasteiger partial charge in [-0.2, -0.15) is 0 Å². The van der Waals surface area contributed by atoms with Crippen molar-refractivity contribution in [3.05, 3.63) is 89.4 Å². The molecule has 0 spiro atoms. The van der Waals surface area contributed by atoms with E-state index in [1.165, 1.54) is 38.5 Å². The molecule has 7 heteroatoms. The van der Waals surface area contributed by atoms with Crippen molar-refractivity contribution in [2.24, 2.45) is 0 Å². The highest BCUT2D eigenvalue weighted by molar-refractivity contribution is 6.46. The van der Waals surface area contributed by atoms with E-state index >= 15 is 0 Å². The van der Waals surface area contributed by atoms with Crippen molar-refractivity contribution in [2.45, 2.75) is 13.3 Å². The summed E-state index contributed by atoms with van der Waals surface area (Å²) in [5, 5.41) is 3.10. The number of imide groups is 1. The summed E-state index contributed by atoms with van der Waals surface area (Å²) in [6.07, 6.45) is 0.883. The lowest BCUT2D eigenvalue weighted by Gasteiger charge is -2.17. The van der Waals surface area contributed by atoms with Crippen LogP contribution in [0.4, 0.5) is 15.8 Å². The number of nitrogens with zero attached hydrogens (tertiary/aromatic N) is 1. The minimum absolute atomic E-state index is 0.116. The molecule has 1 N–H and O–H groups in total. The Bertz CT molecular complexity index is 1230. The number of aryl methyl sites for hydroxylation is 1. The van der Waals surface area contributed by atoms with E-state index in [0.29, 0.717) is 28.4 Å². The van der Waals surface area contributed by atoms with Crippen LogP contribution in [0, 0.1) is 5.82 Å². The highest BCUT2D eigenvalue weighted by Gasteiger charge is 2.40. The van der Waals surface area contributed by atoms with Crippen LogP contribution in [0.2, 0.25) is 0 Å². The predicted octanol–water partition coefficient (Wildman–Crippen LogP) is 4.80. The van der Waals surface area contributed by atoms with Gasteiger partial charge >= 0.3 is 0 Å². The van der Waals surface area contributed by atoms with Crippen LogP contribution in [-0.2, 0) is 16.0 Å². The van der Waals surface area contributed by atoms with E-state index in [4.69, 9.17) is 9.47 Å². The first kappa shape index (κ1) is 22.1.